The van der Waals surface area contributed by atoms with Crippen LogP contribution in [0.5, 0.6) is 0 Å². The van der Waals surface area contributed by atoms with Crippen LogP contribution in [0.3, 0.4) is 0 Å². The first kappa shape index (κ1) is 43.0. The van der Waals surface area contributed by atoms with Gasteiger partial charge in [0, 0.05) is 12.8 Å². The summed E-state index contributed by atoms with van der Waals surface area (Å²) in [6.07, 6.45) is 32.0. The van der Waals surface area contributed by atoms with Crippen molar-refractivity contribution < 1.29 is 43.0 Å². The monoisotopic (exact) mass is 656 g/mol. The Morgan fingerprint density at radius 1 is 0.667 bits per heavy atom. The normalized spacial score (nSPS) is 13.8. The molecule has 0 radical (unpaired) electrons. The van der Waals surface area contributed by atoms with Crippen LogP contribution < -0.4 is 0 Å². The highest BCUT2D eigenvalue weighted by atomic mass is 31.2. The summed E-state index contributed by atoms with van der Waals surface area (Å²) in [5.41, 5.74) is 0. The minimum Gasteiger partial charge on any atom is -0.462 e. The summed E-state index contributed by atoms with van der Waals surface area (Å²) >= 11 is 0. The number of allylic oxidation sites excluding steroid dienone is 7. The van der Waals surface area contributed by atoms with Crippen molar-refractivity contribution in [3.05, 3.63) is 48.6 Å². The summed E-state index contributed by atoms with van der Waals surface area (Å²) in [5, 5.41) is 9.68. The molecule has 0 aliphatic rings. The summed E-state index contributed by atoms with van der Waals surface area (Å²) in [5.74, 6) is -0.978. The van der Waals surface area contributed by atoms with E-state index in [9.17, 15) is 19.3 Å². The van der Waals surface area contributed by atoms with Gasteiger partial charge in [0.05, 0.1) is 12.7 Å². The van der Waals surface area contributed by atoms with Crippen molar-refractivity contribution in [3.8, 4) is 0 Å². The fourth-order valence-electron chi connectivity index (χ4n) is 4.38. The van der Waals surface area contributed by atoms with Crippen molar-refractivity contribution >= 4 is 19.8 Å². The Balaban J connectivity index is 4.15. The molecule has 0 aliphatic carbocycles. The molecule has 0 saturated heterocycles. The summed E-state index contributed by atoms with van der Waals surface area (Å²) in [6.45, 7) is 3.38. The lowest BCUT2D eigenvalue weighted by atomic mass is 10.1. The van der Waals surface area contributed by atoms with E-state index < -0.39 is 32.5 Å². The Kier molecular flexibility index (Phi) is 29.2. The molecule has 1 unspecified atom stereocenters. The van der Waals surface area contributed by atoms with E-state index in [4.69, 9.17) is 19.3 Å². The molecule has 0 saturated carbocycles. The quantitative estimate of drug-likeness (QED) is 0.0300. The standard InChI is InChI=1S/C35H61O9P/c1-3-5-6-7-8-14-18-21-24-28-34(37)42-30-33(31-43-45(39,40)41)44-35(38)29-25-22-19-16-13-11-9-10-12-15-17-20-23-27-32(36)26-4-2/h9,11-12,15-16,19-20,23,32-33,36H,3-8,10,13-14,17-18,21-22,24-31H2,1-2H3,(H2,39,40,41)/b11-9-,15-12-,19-16-,23-20-/t32?,33-/m1/s1. The molecular formula is C35H61O9P. The maximum Gasteiger partial charge on any atom is 0.469 e. The molecule has 3 N–H and O–H groups in total. The largest absolute Gasteiger partial charge is 0.469 e. The van der Waals surface area contributed by atoms with Crippen LogP contribution in [-0.4, -0.2) is 52.3 Å². The zero-order valence-electron chi connectivity index (χ0n) is 27.9. The molecule has 0 bridgehead atoms. The van der Waals surface area contributed by atoms with E-state index in [0.717, 1.165) is 51.4 Å². The van der Waals surface area contributed by atoms with Crippen LogP contribution >= 0.6 is 7.82 Å². The Morgan fingerprint density at radius 3 is 1.78 bits per heavy atom. The number of ether oxygens (including phenoxy) is 2. The minimum atomic E-state index is -4.77. The first-order chi connectivity index (χ1) is 21.7. The number of rotatable bonds is 30. The molecule has 9 nitrogen and oxygen atoms in total. The first-order valence-electron chi connectivity index (χ1n) is 17.0. The number of aliphatic hydroxyl groups is 1. The average molecular weight is 657 g/mol. The minimum absolute atomic E-state index is 0.121. The van der Waals surface area contributed by atoms with E-state index in [2.05, 4.69) is 48.8 Å². The molecule has 45 heavy (non-hydrogen) atoms. The van der Waals surface area contributed by atoms with Crippen molar-refractivity contribution in [3.63, 3.8) is 0 Å². The number of phosphoric acid groups is 1. The van der Waals surface area contributed by atoms with E-state index in [1.807, 2.05) is 18.2 Å². The second kappa shape index (κ2) is 30.6. The third-order valence-electron chi connectivity index (χ3n) is 6.91. The van der Waals surface area contributed by atoms with Gasteiger partial charge in [0.25, 0.3) is 0 Å². The summed E-state index contributed by atoms with van der Waals surface area (Å²) in [4.78, 5) is 42.4. The molecule has 260 valence electrons. The molecule has 0 aromatic carbocycles. The lowest BCUT2D eigenvalue weighted by Crippen LogP contribution is -2.29. The fourth-order valence-corrected chi connectivity index (χ4v) is 4.74. The van der Waals surface area contributed by atoms with E-state index in [1.54, 1.807) is 0 Å². The number of hydrogen-bond donors (Lipinski definition) is 3. The molecule has 0 aromatic heterocycles. The SMILES string of the molecule is CCCCCCCCCCCC(=O)OC[C@H](COP(=O)(O)O)OC(=O)CCC/C=C\C/C=C\C/C=C\C/C=C\CC(O)CCC. The number of esters is 2. The van der Waals surface area contributed by atoms with Crippen LogP contribution in [0.1, 0.15) is 136 Å². The molecule has 0 fully saturated rings. The van der Waals surface area contributed by atoms with Gasteiger partial charge < -0.3 is 24.4 Å². The van der Waals surface area contributed by atoms with E-state index in [0.29, 0.717) is 25.7 Å². The number of unbranched alkanes of at least 4 members (excludes halogenated alkanes) is 9. The van der Waals surface area contributed by atoms with Crippen LogP contribution in [0.4, 0.5) is 0 Å². The molecule has 0 amide bonds. The molecule has 0 heterocycles. The molecule has 0 rings (SSSR count). The highest BCUT2D eigenvalue weighted by Gasteiger charge is 2.22. The van der Waals surface area contributed by atoms with Gasteiger partial charge in [-0.25, -0.2) is 4.57 Å². The number of carbonyl (C=O) groups excluding carboxylic acids is 2. The predicted molar refractivity (Wildman–Crippen MR) is 180 cm³/mol. The van der Waals surface area contributed by atoms with Gasteiger partial charge in [0.1, 0.15) is 6.61 Å². The molecular weight excluding hydrogens is 595 g/mol. The van der Waals surface area contributed by atoms with E-state index in [-0.39, 0.29) is 25.6 Å². The molecule has 0 spiro atoms. The number of aliphatic hydroxyl groups excluding tert-OH is 1. The molecule has 2 atom stereocenters. The van der Waals surface area contributed by atoms with Crippen molar-refractivity contribution in [1.29, 1.82) is 0 Å². The first-order valence-corrected chi connectivity index (χ1v) is 18.5. The van der Waals surface area contributed by atoms with Crippen LogP contribution in [0.15, 0.2) is 48.6 Å². The zero-order valence-corrected chi connectivity index (χ0v) is 28.8. The molecule has 0 aromatic rings. The highest BCUT2D eigenvalue weighted by molar-refractivity contribution is 7.46. The van der Waals surface area contributed by atoms with Gasteiger partial charge in [-0.05, 0) is 51.4 Å². The lowest BCUT2D eigenvalue weighted by Gasteiger charge is -2.18. The second-order valence-electron chi connectivity index (χ2n) is 11.3. The molecule has 0 aliphatic heterocycles. The third kappa shape index (κ3) is 33.2. The number of hydrogen-bond acceptors (Lipinski definition) is 7. The van der Waals surface area contributed by atoms with Crippen molar-refractivity contribution in [1.82, 2.24) is 0 Å². The predicted octanol–water partition coefficient (Wildman–Crippen LogP) is 8.59. The fraction of sp³-hybridized carbons (Fsp3) is 0.714. The highest BCUT2D eigenvalue weighted by Crippen LogP contribution is 2.35. The van der Waals surface area contributed by atoms with Gasteiger partial charge in [-0.1, -0.05) is 120 Å². The summed E-state index contributed by atoms with van der Waals surface area (Å²) < 4.78 is 26.1. The van der Waals surface area contributed by atoms with E-state index in [1.165, 1.54) is 32.1 Å². The van der Waals surface area contributed by atoms with Gasteiger partial charge in [-0.15, -0.1) is 0 Å². The van der Waals surface area contributed by atoms with Gasteiger partial charge in [0.2, 0.25) is 0 Å². The molecule has 10 heteroatoms. The number of phosphoric ester groups is 1. The van der Waals surface area contributed by atoms with Crippen molar-refractivity contribution in [2.75, 3.05) is 13.2 Å². The summed E-state index contributed by atoms with van der Waals surface area (Å²) in [7, 11) is -4.77. The average Bonchev–Trinajstić information content (AvgIpc) is 2.99. The van der Waals surface area contributed by atoms with Crippen molar-refractivity contribution in [2.24, 2.45) is 0 Å². The summed E-state index contributed by atoms with van der Waals surface area (Å²) in [6, 6.07) is 0. The van der Waals surface area contributed by atoms with Crippen LogP contribution in [0, 0.1) is 0 Å². The third-order valence-corrected chi connectivity index (χ3v) is 7.39. The van der Waals surface area contributed by atoms with Crippen molar-refractivity contribution in [2.45, 2.75) is 148 Å². The Bertz CT molecular complexity index is 892. The maximum atomic E-state index is 12.3. The second-order valence-corrected chi connectivity index (χ2v) is 12.6. The van der Waals surface area contributed by atoms with Crippen LogP contribution in [-0.2, 0) is 28.2 Å². The Hall–Kier alpha value is -2.03. The van der Waals surface area contributed by atoms with Gasteiger partial charge in [-0.2, -0.15) is 0 Å². The lowest BCUT2D eigenvalue weighted by molar-refractivity contribution is -0.161. The zero-order chi connectivity index (χ0) is 33.4. The van der Waals surface area contributed by atoms with Gasteiger partial charge in [0.15, 0.2) is 6.10 Å². The van der Waals surface area contributed by atoms with Gasteiger partial charge >= 0.3 is 19.8 Å². The maximum absolute atomic E-state index is 12.3. The van der Waals surface area contributed by atoms with E-state index >= 15 is 0 Å². The Labute approximate surface area is 272 Å². The number of carbonyl (C=O) groups is 2. The smallest absolute Gasteiger partial charge is 0.462 e. The van der Waals surface area contributed by atoms with Crippen LogP contribution in [0.2, 0.25) is 0 Å². The Morgan fingerprint density at radius 2 is 1.20 bits per heavy atom. The van der Waals surface area contributed by atoms with Gasteiger partial charge in [-0.3, -0.25) is 14.1 Å². The topological polar surface area (TPSA) is 140 Å². The van der Waals surface area contributed by atoms with Crippen LogP contribution in [0.25, 0.3) is 0 Å².